The Morgan fingerprint density at radius 1 is 0.952 bits per heavy atom. The predicted octanol–water partition coefficient (Wildman–Crippen LogP) is 4.99. The number of hydrogen-bond acceptors (Lipinski definition) is 10. The van der Waals surface area contributed by atoms with Gasteiger partial charge in [0.25, 0.3) is 5.91 Å². The number of carboxylic acids is 1. The number of thiazole rings is 1. The van der Waals surface area contributed by atoms with E-state index in [1.54, 1.807) is 36.4 Å². The first-order valence-electron chi connectivity index (χ1n) is 13.4. The first-order valence-corrected chi connectivity index (χ1v) is 15.8. The van der Waals surface area contributed by atoms with Gasteiger partial charge in [-0.25, -0.2) is 23.2 Å². The molecule has 1 aliphatic carbocycles. The topological polar surface area (TPSA) is 154 Å². The lowest BCUT2D eigenvalue weighted by atomic mass is 10.1. The minimum Gasteiger partial charge on any atom is -0.478 e. The molecule has 2 aromatic heterocycles. The number of carbonyl (C=O) groups excluding carboxylic acids is 1. The van der Waals surface area contributed by atoms with Crippen molar-refractivity contribution in [1.29, 1.82) is 0 Å². The van der Waals surface area contributed by atoms with E-state index in [4.69, 9.17) is 19.3 Å². The van der Waals surface area contributed by atoms with Crippen molar-refractivity contribution in [3.8, 4) is 11.6 Å². The number of aromatic nitrogens is 2. The van der Waals surface area contributed by atoms with Crippen LogP contribution in [-0.2, 0) is 24.1 Å². The molecule has 0 radical (unpaired) electrons. The Morgan fingerprint density at radius 2 is 1.67 bits per heavy atom. The molecule has 2 N–H and O–H groups in total. The predicted molar refractivity (Wildman–Crippen MR) is 154 cm³/mol. The molecular weight excluding hydrogens is 582 g/mol. The smallest absolute Gasteiger partial charge is 0.335 e. The monoisotopic (exact) mass is 609 g/mol. The summed E-state index contributed by atoms with van der Waals surface area (Å²) in [6, 6.07) is 15.6. The molecule has 11 nitrogen and oxygen atoms in total. The zero-order valence-corrected chi connectivity index (χ0v) is 23.9. The number of sulfone groups is 1. The first-order chi connectivity index (χ1) is 20.3. The summed E-state index contributed by atoms with van der Waals surface area (Å²) >= 11 is 1.16. The van der Waals surface area contributed by atoms with Gasteiger partial charge in [-0.2, -0.15) is 0 Å². The number of hydrogen-bond donors (Lipinski definition) is 2. The van der Waals surface area contributed by atoms with Crippen LogP contribution in [0.4, 0.5) is 5.13 Å². The van der Waals surface area contributed by atoms with Crippen LogP contribution in [0.5, 0.6) is 11.6 Å². The molecule has 1 aliphatic heterocycles. The second-order valence-electron chi connectivity index (χ2n) is 10.1. The van der Waals surface area contributed by atoms with Crippen LogP contribution in [0.15, 0.2) is 65.6 Å². The highest BCUT2D eigenvalue weighted by Crippen LogP contribution is 2.35. The number of carboxylic acid groups (broad SMARTS) is 1. The summed E-state index contributed by atoms with van der Waals surface area (Å²) in [5.74, 6) is -0.754. The fourth-order valence-electron chi connectivity index (χ4n) is 4.57. The normalized spacial score (nSPS) is 16.7. The van der Waals surface area contributed by atoms with Gasteiger partial charge in [0.15, 0.2) is 21.1 Å². The summed E-state index contributed by atoms with van der Waals surface area (Å²) in [6.45, 7) is 1.07. The van der Waals surface area contributed by atoms with Crippen LogP contribution >= 0.6 is 11.3 Å². The molecule has 13 heteroatoms. The second kappa shape index (κ2) is 11.8. The van der Waals surface area contributed by atoms with E-state index >= 15 is 0 Å². The van der Waals surface area contributed by atoms with Crippen molar-refractivity contribution >= 4 is 48.5 Å². The van der Waals surface area contributed by atoms with Crippen LogP contribution in [-0.4, -0.2) is 59.9 Å². The van der Waals surface area contributed by atoms with E-state index in [-0.39, 0.29) is 27.7 Å². The molecule has 6 rings (SSSR count). The van der Waals surface area contributed by atoms with Gasteiger partial charge in [-0.05, 0) is 73.7 Å². The molecule has 0 bridgehead atoms. The Bertz CT molecular complexity index is 1710. The minimum atomic E-state index is -3.36. The van der Waals surface area contributed by atoms with Gasteiger partial charge in [0, 0.05) is 19.3 Å². The molecule has 2 fully saturated rings. The lowest BCUT2D eigenvalue weighted by Crippen LogP contribution is -2.31. The molecule has 42 heavy (non-hydrogen) atoms. The fraction of sp³-hybridized carbons (Fsp3) is 0.310. The van der Waals surface area contributed by atoms with E-state index < -0.39 is 27.8 Å². The maximum absolute atomic E-state index is 13.5. The second-order valence-corrected chi connectivity index (χ2v) is 13.3. The van der Waals surface area contributed by atoms with Crippen LogP contribution in [0, 0.1) is 0 Å². The summed E-state index contributed by atoms with van der Waals surface area (Å²) in [5.41, 5.74) is 1.24. The molecule has 1 unspecified atom stereocenters. The summed E-state index contributed by atoms with van der Waals surface area (Å²) < 4.78 is 42.7. The van der Waals surface area contributed by atoms with Crippen molar-refractivity contribution in [2.24, 2.45) is 0 Å². The highest BCUT2D eigenvalue weighted by molar-refractivity contribution is 7.92. The number of nitrogens with zero attached hydrogens (tertiary/aromatic N) is 2. The summed E-state index contributed by atoms with van der Waals surface area (Å²) in [5, 5.41) is 11.9. The molecule has 4 aromatic rings. The maximum Gasteiger partial charge on any atom is 0.335 e. The molecule has 0 spiro atoms. The number of fused-ring (bicyclic) bond motifs is 1. The van der Waals surface area contributed by atoms with Crippen LogP contribution in [0.25, 0.3) is 10.3 Å². The third-order valence-electron chi connectivity index (χ3n) is 6.99. The van der Waals surface area contributed by atoms with Crippen molar-refractivity contribution in [3.05, 3.63) is 71.8 Å². The Labute approximate surface area is 245 Å². The number of ether oxygens (including phenoxy) is 3. The number of aromatic carboxylic acids is 1. The third kappa shape index (κ3) is 6.28. The average molecular weight is 610 g/mol. The Kier molecular flexibility index (Phi) is 7.90. The molecule has 1 amide bonds. The lowest BCUT2D eigenvalue weighted by molar-refractivity contribution is -0.136. The van der Waals surface area contributed by atoms with Gasteiger partial charge >= 0.3 is 5.97 Å². The number of anilines is 1. The van der Waals surface area contributed by atoms with E-state index in [0.717, 1.165) is 11.3 Å². The van der Waals surface area contributed by atoms with Gasteiger partial charge in [-0.3, -0.25) is 10.1 Å². The standard InChI is InChI=1S/C29H27N3O8S2/c33-26(25(40-20-13-15-38-16-14-20)17-3-7-21(8-4-17)42(36,37)22-9-10-22)32-29-30-23-11-12-24(31-27(23)41-29)39-19-5-1-18(2-6-19)28(34)35/h1-8,11-12,20,22,25H,9-10,13-16H2,(H,34,35)(H,30,32,33). The van der Waals surface area contributed by atoms with E-state index in [9.17, 15) is 18.0 Å². The molecule has 1 saturated carbocycles. The zero-order valence-electron chi connectivity index (χ0n) is 22.3. The van der Waals surface area contributed by atoms with Crippen LogP contribution in [0.1, 0.15) is 47.7 Å². The van der Waals surface area contributed by atoms with Gasteiger partial charge < -0.3 is 19.3 Å². The number of rotatable bonds is 10. The zero-order chi connectivity index (χ0) is 29.3. The van der Waals surface area contributed by atoms with Crippen molar-refractivity contribution in [1.82, 2.24) is 9.97 Å². The molecule has 2 aliphatic rings. The molecule has 2 aromatic carbocycles. The number of benzene rings is 2. The van der Waals surface area contributed by atoms with E-state index in [1.807, 2.05) is 0 Å². The van der Waals surface area contributed by atoms with Gasteiger partial charge in [-0.1, -0.05) is 23.5 Å². The molecule has 1 atom stereocenters. The summed E-state index contributed by atoms with van der Waals surface area (Å²) in [7, 11) is -3.36. The Hall–Kier alpha value is -3.91. The van der Waals surface area contributed by atoms with Gasteiger partial charge in [0.1, 0.15) is 16.1 Å². The highest BCUT2D eigenvalue weighted by atomic mass is 32.2. The number of pyridine rings is 1. The third-order valence-corrected chi connectivity index (χ3v) is 10.2. The van der Waals surface area contributed by atoms with Crippen LogP contribution in [0.3, 0.4) is 0 Å². The number of amides is 1. The lowest BCUT2D eigenvalue weighted by Gasteiger charge is -2.27. The molecule has 3 heterocycles. The molecule has 1 saturated heterocycles. The van der Waals surface area contributed by atoms with Crippen molar-refractivity contribution in [3.63, 3.8) is 0 Å². The first kappa shape index (κ1) is 28.2. The van der Waals surface area contributed by atoms with Gasteiger partial charge in [-0.15, -0.1) is 0 Å². The highest BCUT2D eigenvalue weighted by Gasteiger charge is 2.37. The Balaban J connectivity index is 1.20. The average Bonchev–Trinajstić information content (AvgIpc) is 3.78. The summed E-state index contributed by atoms with van der Waals surface area (Å²) in [6.07, 6.45) is 1.46. The van der Waals surface area contributed by atoms with E-state index in [1.165, 1.54) is 24.3 Å². The SMILES string of the molecule is O=C(O)c1ccc(Oc2ccc3nc(NC(=O)C(OC4CCOCC4)c4ccc(S(=O)(=O)C5CC5)cc4)sc3n2)cc1. The van der Waals surface area contributed by atoms with Crippen molar-refractivity contribution < 1.29 is 37.3 Å². The summed E-state index contributed by atoms with van der Waals surface area (Å²) in [4.78, 5) is 34.3. The van der Waals surface area contributed by atoms with Gasteiger partial charge in [0.2, 0.25) is 5.88 Å². The minimum absolute atomic E-state index is 0.145. The van der Waals surface area contributed by atoms with Crippen molar-refractivity contribution in [2.75, 3.05) is 18.5 Å². The van der Waals surface area contributed by atoms with Crippen LogP contribution < -0.4 is 10.1 Å². The molecule has 218 valence electrons. The maximum atomic E-state index is 13.5. The molecular formula is C29H27N3O8S2. The van der Waals surface area contributed by atoms with Crippen molar-refractivity contribution in [2.45, 2.75) is 48.0 Å². The van der Waals surface area contributed by atoms with Crippen LogP contribution in [0.2, 0.25) is 0 Å². The van der Waals surface area contributed by atoms with E-state index in [2.05, 4.69) is 15.3 Å². The fourth-order valence-corrected chi connectivity index (χ4v) is 7.06. The largest absolute Gasteiger partial charge is 0.478 e. The van der Waals surface area contributed by atoms with E-state index in [0.29, 0.717) is 65.7 Å². The Morgan fingerprint density at radius 3 is 2.33 bits per heavy atom. The number of carbonyl (C=O) groups is 2. The number of nitrogens with one attached hydrogen (secondary N) is 1. The van der Waals surface area contributed by atoms with Gasteiger partial charge in [0.05, 0.1) is 21.8 Å². The quantitative estimate of drug-likeness (QED) is 0.251.